The number of rotatable bonds is 5. The minimum Gasteiger partial charge on any atom is -0.478 e. The van der Waals surface area contributed by atoms with E-state index in [1.807, 2.05) is 6.07 Å². The molecule has 1 aliphatic rings. The zero-order chi connectivity index (χ0) is 13.9. The predicted molar refractivity (Wildman–Crippen MR) is 75.9 cm³/mol. The lowest BCUT2D eigenvalue weighted by Crippen LogP contribution is -2.45. The Labute approximate surface area is 121 Å². The molecule has 19 heavy (non-hydrogen) atoms. The van der Waals surface area contributed by atoms with Crippen LogP contribution < -0.4 is 0 Å². The second-order valence-corrected chi connectivity index (χ2v) is 6.04. The van der Waals surface area contributed by atoms with Gasteiger partial charge in [0.25, 0.3) is 0 Å². The molecule has 1 saturated heterocycles. The van der Waals surface area contributed by atoms with E-state index in [-0.39, 0.29) is 0 Å². The van der Waals surface area contributed by atoms with Gasteiger partial charge in [0.1, 0.15) is 6.54 Å². The Hall–Kier alpha value is -0.910. The summed E-state index contributed by atoms with van der Waals surface area (Å²) in [6.45, 7) is 3.85. The number of hydrogen-bond acceptors (Lipinski definition) is 2. The maximum atomic E-state index is 10.9. The molecule has 0 bridgehead atoms. The smallest absolute Gasteiger partial charge is 0.335 e. The first-order valence-corrected chi connectivity index (χ1v) is 7.21. The minimum atomic E-state index is -0.894. The third-order valence-corrected chi connectivity index (χ3v) is 4.46. The number of aromatic carboxylic acids is 1. The molecular formula is C14H19BrNO3+. The number of hydrogen-bond donors (Lipinski definition) is 1. The van der Waals surface area contributed by atoms with E-state index >= 15 is 0 Å². The lowest BCUT2D eigenvalue weighted by Gasteiger charge is -2.33. The average Bonchev–Trinajstić information content (AvgIpc) is 2.81. The van der Waals surface area contributed by atoms with Crippen molar-refractivity contribution in [3.63, 3.8) is 0 Å². The topological polar surface area (TPSA) is 46.5 Å². The van der Waals surface area contributed by atoms with Gasteiger partial charge in [-0.1, -0.05) is 22.0 Å². The number of halogens is 1. The highest BCUT2D eigenvalue weighted by Crippen LogP contribution is 2.27. The number of carboxylic acids is 1. The van der Waals surface area contributed by atoms with Crippen molar-refractivity contribution in [2.75, 3.05) is 26.9 Å². The number of nitrogens with zero attached hydrogens (tertiary/aromatic N) is 1. The molecule has 0 radical (unpaired) electrons. The van der Waals surface area contributed by atoms with Crippen molar-refractivity contribution < 1.29 is 19.1 Å². The van der Waals surface area contributed by atoms with Gasteiger partial charge in [-0.3, -0.25) is 4.48 Å². The summed E-state index contributed by atoms with van der Waals surface area (Å²) >= 11 is 3.48. The molecule has 1 aliphatic heterocycles. The van der Waals surface area contributed by atoms with E-state index in [0.29, 0.717) is 12.3 Å². The predicted octanol–water partition coefficient (Wildman–Crippen LogP) is 2.86. The van der Waals surface area contributed by atoms with Gasteiger partial charge in [-0.25, -0.2) is 4.79 Å². The summed E-state index contributed by atoms with van der Waals surface area (Å²) in [6.07, 6.45) is 2.46. The molecule has 0 saturated carbocycles. The third kappa shape index (κ3) is 3.35. The molecule has 0 amide bonds. The summed E-state index contributed by atoms with van der Waals surface area (Å²) in [5.41, 5.74) is 1.46. The van der Waals surface area contributed by atoms with Crippen LogP contribution in [-0.2, 0) is 11.3 Å². The number of carbonyl (C=O) groups is 1. The fraction of sp³-hybridized carbons (Fsp3) is 0.500. The highest BCUT2D eigenvalue weighted by Gasteiger charge is 2.32. The van der Waals surface area contributed by atoms with Gasteiger partial charge in [0.15, 0.2) is 6.73 Å². The molecule has 1 aromatic rings. The Morgan fingerprint density at radius 2 is 2.11 bits per heavy atom. The van der Waals surface area contributed by atoms with E-state index < -0.39 is 5.97 Å². The average molecular weight is 329 g/mol. The zero-order valence-corrected chi connectivity index (χ0v) is 12.6. The molecular weight excluding hydrogens is 310 g/mol. The van der Waals surface area contributed by atoms with Crippen LogP contribution in [0.25, 0.3) is 0 Å². The van der Waals surface area contributed by atoms with Gasteiger partial charge in [0.05, 0.1) is 18.7 Å². The van der Waals surface area contributed by atoms with Gasteiger partial charge in [-0.15, -0.1) is 0 Å². The number of ether oxygens (including phenoxy) is 1. The molecule has 4 nitrogen and oxygen atoms in total. The Morgan fingerprint density at radius 1 is 1.42 bits per heavy atom. The van der Waals surface area contributed by atoms with Crippen molar-refractivity contribution in [2.24, 2.45) is 0 Å². The van der Waals surface area contributed by atoms with E-state index in [2.05, 4.69) is 15.9 Å². The molecule has 5 heteroatoms. The van der Waals surface area contributed by atoms with Crippen LogP contribution in [0.5, 0.6) is 0 Å². The van der Waals surface area contributed by atoms with E-state index in [1.165, 1.54) is 12.8 Å². The van der Waals surface area contributed by atoms with Crippen LogP contribution in [0.15, 0.2) is 22.7 Å². The standard InChI is InChI=1S/C14H18BrNO3/c1-19-10-16(6-2-3-7-16)9-12-5-4-11(14(17)18)8-13(12)15/h4-5,8H,2-3,6-7,9-10H2,1H3/p+1. The Bertz CT molecular complexity index is 470. The Balaban J connectivity index is 2.20. The first-order valence-electron chi connectivity index (χ1n) is 6.42. The molecule has 1 aromatic carbocycles. The molecule has 1 fully saturated rings. The number of carboxylic acid groups (broad SMARTS) is 1. The highest BCUT2D eigenvalue weighted by molar-refractivity contribution is 9.10. The van der Waals surface area contributed by atoms with Gasteiger partial charge < -0.3 is 9.84 Å². The van der Waals surface area contributed by atoms with Crippen LogP contribution in [0, 0.1) is 0 Å². The van der Waals surface area contributed by atoms with Crippen molar-refractivity contribution in [3.8, 4) is 0 Å². The number of likely N-dealkylation sites (tertiary alicyclic amines) is 1. The Morgan fingerprint density at radius 3 is 2.63 bits per heavy atom. The van der Waals surface area contributed by atoms with Gasteiger partial charge >= 0.3 is 5.97 Å². The normalized spacial score (nSPS) is 17.6. The number of methoxy groups -OCH3 is 1. The molecule has 0 spiro atoms. The van der Waals surface area contributed by atoms with Crippen molar-refractivity contribution in [1.82, 2.24) is 0 Å². The maximum absolute atomic E-state index is 10.9. The van der Waals surface area contributed by atoms with E-state index in [4.69, 9.17) is 9.84 Å². The SMILES string of the molecule is COC[N+]1(Cc2ccc(C(=O)O)cc2Br)CCCC1. The summed E-state index contributed by atoms with van der Waals surface area (Å²) in [5.74, 6) is -0.894. The fourth-order valence-electron chi connectivity index (χ4n) is 2.78. The summed E-state index contributed by atoms with van der Waals surface area (Å²) in [5, 5.41) is 8.97. The van der Waals surface area contributed by atoms with Crippen LogP contribution in [-0.4, -0.2) is 42.5 Å². The van der Waals surface area contributed by atoms with Gasteiger partial charge in [0.2, 0.25) is 0 Å². The summed E-state index contributed by atoms with van der Waals surface area (Å²) in [7, 11) is 1.74. The summed E-state index contributed by atoms with van der Waals surface area (Å²) < 4.78 is 7.17. The number of quaternary nitrogens is 1. The quantitative estimate of drug-likeness (QED) is 0.845. The van der Waals surface area contributed by atoms with Crippen LogP contribution in [0.3, 0.4) is 0 Å². The van der Waals surface area contributed by atoms with E-state index in [1.54, 1.807) is 19.2 Å². The van der Waals surface area contributed by atoms with E-state index in [0.717, 1.165) is 34.2 Å². The molecule has 1 heterocycles. The van der Waals surface area contributed by atoms with E-state index in [9.17, 15) is 4.79 Å². The molecule has 104 valence electrons. The third-order valence-electron chi connectivity index (χ3n) is 3.72. The van der Waals surface area contributed by atoms with Gasteiger partial charge in [-0.05, 0) is 12.1 Å². The summed E-state index contributed by atoms with van der Waals surface area (Å²) in [4.78, 5) is 10.9. The molecule has 1 N–H and O–H groups in total. The monoisotopic (exact) mass is 328 g/mol. The van der Waals surface area contributed by atoms with Crippen molar-refractivity contribution in [1.29, 1.82) is 0 Å². The first-order chi connectivity index (χ1) is 9.06. The second-order valence-electron chi connectivity index (χ2n) is 5.18. The van der Waals surface area contributed by atoms with Crippen LogP contribution in [0.2, 0.25) is 0 Å². The van der Waals surface area contributed by atoms with Crippen molar-refractivity contribution in [2.45, 2.75) is 19.4 Å². The van der Waals surface area contributed by atoms with Gasteiger partial charge in [0, 0.05) is 30.0 Å². The maximum Gasteiger partial charge on any atom is 0.335 e. The number of benzene rings is 1. The Kier molecular flexibility index (Phi) is 4.60. The minimum absolute atomic E-state index is 0.315. The van der Waals surface area contributed by atoms with Crippen LogP contribution in [0.4, 0.5) is 0 Å². The van der Waals surface area contributed by atoms with Crippen LogP contribution in [0.1, 0.15) is 28.8 Å². The lowest BCUT2D eigenvalue weighted by molar-refractivity contribution is -0.947. The second kappa shape index (κ2) is 6.03. The molecule has 0 aliphatic carbocycles. The van der Waals surface area contributed by atoms with Crippen molar-refractivity contribution >= 4 is 21.9 Å². The highest BCUT2D eigenvalue weighted by atomic mass is 79.9. The zero-order valence-electron chi connectivity index (χ0n) is 11.1. The fourth-order valence-corrected chi connectivity index (χ4v) is 3.29. The summed E-state index contributed by atoms with van der Waals surface area (Å²) in [6, 6.07) is 5.25. The lowest BCUT2D eigenvalue weighted by atomic mass is 10.1. The van der Waals surface area contributed by atoms with Gasteiger partial charge in [-0.2, -0.15) is 0 Å². The first kappa shape index (κ1) is 14.5. The molecule has 0 aromatic heterocycles. The molecule has 0 atom stereocenters. The largest absolute Gasteiger partial charge is 0.478 e. The van der Waals surface area contributed by atoms with Crippen molar-refractivity contribution in [3.05, 3.63) is 33.8 Å². The molecule has 2 rings (SSSR count). The molecule has 0 unspecified atom stereocenters. The van der Waals surface area contributed by atoms with Crippen LogP contribution >= 0.6 is 15.9 Å².